The molecule has 0 aromatic heterocycles. The molecule has 102 valence electrons. The van der Waals surface area contributed by atoms with Crippen molar-refractivity contribution in [3.05, 3.63) is 12.7 Å². The van der Waals surface area contributed by atoms with Crippen molar-refractivity contribution in [2.24, 2.45) is 5.92 Å². The van der Waals surface area contributed by atoms with E-state index in [-0.39, 0.29) is 23.9 Å². The Morgan fingerprint density at radius 3 is 2.83 bits per heavy atom. The maximum atomic E-state index is 11.7. The van der Waals surface area contributed by atoms with Crippen LogP contribution in [0.5, 0.6) is 0 Å². The van der Waals surface area contributed by atoms with Crippen molar-refractivity contribution in [1.82, 2.24) is 10.6 Å². The lowest BCUT2D eigenvalue weighted by molar-refractivity contribution is -0.143. The van der Waals surface area contributed by atoms with Crippen molar-refractivity contribution in [1.29, 1.82) is 0 Å². The first-order chi connectivity index (χ1) is 8.54. The summed E-state index contributed by atoms with van der Waals surface area (Å²) in [6.45, 7) is 5.78. The number of aliphatic carboxylic acids is 1. The van der Waals surface area contributed by atoms with Gasteiger partial charge in [0, 0.05) is 12.6 Å². The summed E-state index contributed by atoms with van der Waals surface area (Å²) in [5, 5.41) is 14.9. The van der Waals surface area contributed by atoms with Crippen LogP contribution in [-0.4, -0.2) is 35.6 Å². The van der Waals surface area contributed by atoms with E-state index >= 15 is 0 Å². The highest BCUT2D eigenvalue weighted by Crippen LogP contribution is 2.24. The Hall–Kier alpha value is -1.36. The van der Waals surface area contributed by atoms with Crippen LogP contribution in [0.15, 0.2) is 12.7 Å². The molecule has 1 fully saturated rings. The zero-order valence-electron chi connectivity index (χ0n) is 10.8. The van der Waals surface area contributed by atoms with Gasteiger partial charge in [0.15, 0.2) is 0 Å². The third-order valence-electron chi connectivity index (χ3n) is 3.32. The number of rotatable bonds is 6. The third kappa shape index (κ3) is 4.49. The van der Waals surface area contributed by atoms with Crippen molar-refractivity contribution in [2.75, 3.05) is 6.54 Å². The van der Waals surface area contributed by atoms with Gasteiger partial charge in [0.25, 0.3) is 0 Å². The van der Waals surface area contributed by atoms with Crippen LogP contribution in [0.25, 0.3) is 0 Å². The molecule has 0 radical (unpaired) electrons. The molecule has 3 unspecified atom stereocenters. The second-order valence-electron chi connectivity index (χ2n) is 4.82. The van der Waals surface area contributed by atoms with E-state index < -0.39 is 5.97 Å². The summed E-state index contributed by atoms with van der Waals surface area (Å²) in [6.07, 6.45) is 4.81. The number of carbonyl (C=O) groups is 2. The Kier molecular flexibility index (Phi) is 5.85. The molecular formula is C13H22N2O3. The number of amides is 1. The van der Waals surface area contributed by atoms with Gasteiger partial charge in [0.1, 0.15) is 0 Å². The fourth-order valence-electron chi connectivity index (χ4n) is 2.32. The summed E-state index contributed by atoms with van der Waals surface area (Å²) in [4.78, 5) is 22.6. The van der Waals surface area contributed by atoms with Crippen LogP contribution in [0.3, 0.4) is 0 Å². The second kappa shape index (κ2) is 7.16. The van der Waals surface area contributed by atoms with Crippen LogP contribution in [0, 0.1) is 5.92 Å². The second-order valence-corrected chi connectivity index (χ2v) is 4.82. The molecule has 5 heteroatoms. The minimum Gasteiger partial charge on any atom is -0.481 e. The monoisotopic (exact) mass is 254 g/mol. The zero-order valence-corrected chi connectivity index (χ0v) is 10.8. The van der Waals surface area contributed by atoms with Gasteiger partial charge in [-0.1, -0.05) is 12.5 Å². The van der Waals surface area contributed by atoms with Gasteiger partial charge in [-0.2, -0.15) is 0 Å². The number of hydrogen-bond acceptors (Lipinski definition) is 3. The van der Waals surface area contributed by atoms with Crippen molar-refractivity contribution in [2.45, 2.75) is 44.7 Å². The summed E-state index contributed by atoms with van der Waals surface area (Å²) in [5.41, 5.74) is 0. The Morgan fingerprint density at radius 2 is 2.22 bits per heavy atom. The minimum atomic E-state index is -0.731. The molecule has 0 bridgehead atoms. The molecule has 1 aliphatic rings. The molecule has 0 saturated heterocycles. The summed E-state index contributed by atoms with van der Waals surface area (Å²) in [6, 6.07) is -0.188. The number of carbonyl (C=O) groups excluding carboxylic acids is 1. The van der Waals surface area contributed by atoms with Gasteiger partial charge in [-0.15, -0.1) is 6.58 Å². The number of carboxylic acids is 1. The standard InChI is InChI=1S/C13H22N2O3/c1-3-7-14-12(16)9(2)15-11-6-4-5-10(8-11)13(17)18/h3,9-11,15H,1,4-8H2,2H3,(H,14,16)(H,17,18). The fraction of sp³-hybridized carbons (Fsp3) is 0.692. The first-order valence-electron chi connectivity index (χ1n) is 6.42. The molecule has 18 heavy (non-hydrogen) atoms. The molecule has 1 saturated carbocycles. The van der Waals surface area contributed by atoms with E-state index in [9.17, 15) is 9.59 Å². The van der Waals surface area contributed by atoms with Crippen molar-refractivity contribution < 1.29 is 14.7 Å². The minimum absolute atomic E-state index is 0.0765. The molecule has 0 aromatic carbocycles. The number of hydrogen-bond donors (Lipinski definition) is 3. The lowest BCUT2D eigenvalue weighted by Gasteiger charge is -2.29. The van der Waals surface area contributed by atoms with Crippen LogP contribution in [-0.2, 0) is 9.59 Å². The van der Waals surface area contributed by atoms with Crippen LogP contribution in [0.1, 0.15) is 32.6 Å². The average molecular weight is 254 g/mol. The largest absolute Gasteiger partial charge is 0.481 e. The van der Waals surface area contributed by atoms with E-state index in [0.717, 1.165) is 19.3 Å². The van der Waals surface area contributed by atoms with E-state index in [1.807, 2.05) is 0 Å². The van der Waals surface area contributed by atoms with Crippen LogP contribution < -0.4 is 10.6 Å². The van der Waals surface area contributed by atoms with Gasteiger partial charge in [0.2, 0.25) is 5.91 Å². The van der Waals surface area contributed by atoms with Crippen LogP contribution >= 0.6 is 0 Å². The molecule has 1 rings (SSSR count). The van der Waals surface area contributed by atoms with Gasteiger partial charge in [0.05, 0.1) is 12.0 Å². The van der Waals surface area contributed by atoms with E-state index in [4.69, 9.17) is 5.11 Å². The SMILES string of the molecule is C=CCNC(=O)C(C)NC1CCCC(C(=O)O)C1. The van der Waals surface area contributed by atoms with E-state index in [1.165, 1.54) is 0 Å². The molecule has 0 aliphatic heterocycles. The third-order valence-corrected chi connectivity index (χ3v) is 3.32. The van der Waals surface area contributed by atoms with E-state index in [2.05, 4.69) is 17.2 Å². The molecule has 0 aromatic rings. The smallest absolute Gasteiger partial charge is 0.306 e. The maximum absolute atomic E-state index is 11.7. The Labute approximate surface area is 108 Å². The predicted molar refractivity (Wildman–Crippen MR) is 69.2 cm³/mol. The fourth-order valence-corrected chi connectivity index (χ4v) is 2.32. The van der Waals surface area contributed by atoms with Crippen LogP contribution in [0.2, 0.25) is 0 Å². The molecular weight excluding hydrogens is 232 g/mol. The van der Waals surface area contributed by atoms with Gasteiger partial charge in [-0.25, -0.2) is 0 Å². The topological polar surface area (TPSA) is 78.4 Å². The highest BCUT2D eigenvalue weighted by atomic mass is 16.4. The zero-order chi connectivity index (χ0) is 13.5. The highest BCUT2D eigenvalue weighted by Gasteiger charge is 2.28. The van der Waals surface area contributed by atoms with Gasteiger partial charge < -0.3 is 15.7 Å². The van der Waals surface area contributed by atoms with Crippen molar-refractivity contribution >= 4 is 11.9 Å². The molecule has 3 atom stereocenters. The molecule has 0 heterocycles. The summed E-state index contributed by atoms with van der Waals surface area (Å²) in [7, 11) is 0. The Morgan fingerprint density at radius 1 is 1.50 bits per heavy atom. The average Bonchev–Trinajstić information content (AvgIpc) is 2.36. The Balaban J connectivity index is 2.39. The first kappa shape index (κ1) is 14.7. The Bertz CT molecular complexity index is 317. The van der Waals surface area contributed by atoms with Gasteiger partial charge in [-0.3, -0.25) is 9.59 Å². The molecule has 1 amide bonds. The van der Waals surface area contributed by atoms with Gasteiger partial charge in [-0.05, 0) is 26.2 Å². The maximum Gasteiger partial charge on any atom is 0.306 e. The number of nitrogens with one attached hydrogen (secondary N) is 2. The molecule has 0 spiro atoms. The summed E-state index contributed by atoms with van der Waals surface area (Å²) >= 11 is 0. The van der Waals surface area contributed by atoms with E-state index in [0.29, 0.717) is 13.0 Å². The van der Waals surface area contributed by atoms with Crippen molar-refractivity contribution in [3.63, 3.8) is 0 Å². The van der Waals surface area contributed by atoms with Gasteiger partial charge >= 0.3 is 5.97 Å². The summed E-state index contributed by atoms with van der Waals surface area (Å²) in [5.74, 6) is -1.09. The summed E-state index contributed by atoms with van der Waals surface area (Å²) < 4.78 is 0. The predicted octanol–water partition coefficient (Wildman–Crippen LogP) is 0.910. The molecule has 1 aliphatic carbocycles. The first-order valence-corrected chi connectivity index (χ1v) is 6.42. The highest BCUT2D eigenvalue weighted by molar-refractivity contribution is 5.81. The lowest BCUT2D eigenvalue weighted by Crippen LogP contribution is -2.48. The normalized spacial score (nSPS) is 25.2. The van der Waals surface area contributed by atoms with Crippen molar-refractivity contribution in [3.8, 4) is 0 Å². The lowest BCUT2D eigenvalue weighted by atomic mass is 9.85. The number of carboxylic acid groups (broad SMARTS) is 1. The van der Waals surface area contributed by atoms with E-state index in [1.54, 1.807) is 13.0 Å². The van der Waals surface area contributed by atoms with Crippen LogP contribution in [0.4, 0.5) is 0 Å². The quantitative estimate of drug-likeness (QED) is 0.616. The molecule has 3 N–H and O–H groups in total. The molecule has 5 nitrogen and oxygen atoms in total.